The summed E-state index contributed by atoms with van der Waals surface area (Å²) >= 11 is 1.74. The van der Waals surface area contributed by atoms with Crippen molar-refractivity contribution < 1.29 is 9.53 Å². The SMILES string of the molecule is CNC(=O)[C@@H]1C[C@H]2CCN(Cc3ccsc3)C[C@H]2O1. The Morgan fingerprint density at radius 3 is 3.26 bits per heavy atom. The normalized spacial score (nSPS) is 31.1. The Kier molecular flexibility index (Phi) is 3.86. The maximum atomic E-state index is 11.6. The molecule has 0 spiro atoms. The van der Waals surface area contributed by atoms with Gasteiger partial charge in [0.15, 0.2) is 0 Å². The van der Waals surface area contributed by atoms with Crippen molar-refractivity contribution in [2.24, 2.45) is 5.92 Å². The smallest absolute Gasteiger partial charge is 0.248 e. The van der Waals surface area contributed by atoms with E-state index in [4.69, 9.17) is 4.74 Å². The number of piperidine rings is 1. The van der Waals surface area contributed by atoms with E-state index in [9.17, 15) is 4.79 Å². The summed E-state index contributed by atoms with van der Waals surface area (Å²) in [6.07, 6.45) is 2.02. The van der Waals surface area contributed by atoms with E-state index in [1.54, 1.807) is 18.4 Å². The molecule has 19 heavy (non-hydrogen) atoms. The number of carbonyl (C=O) groups excluding carboxylic acids is 1. The first-order chi connectivity index (χ1) is 9.26. The number of likely N-dealkylation sites (tertiary alicyclic amines) is 1. The molecule has 2 saturated heterocycles. The summed E-state index contributed by atoms with van der Waals surface area (Å²) in [5.74, 6) is 0.583. The Bertz CT molecular complexity index is 435. The molecule has 0 unspecified atom stereocenters. The highest BCUT2D eigenvalue weighted by molar-refractivity contribution is 7.07. The lowest BCUT2D eigenvalue weighted by molar-refractivity contribution is -0.132. The lowest BCUT2D eigenvalue weighted by Gasteiger charge is -2.33. The van der Waals surface area contributed by atoms with Crippen LogP contribution in [0.4, 0.5) is 0 Å². The van der Waals surface area contributed by atoms with Crippen molar-refractivity contribution in [2.45, 2.75) is 31.6 Å². The molecule has 104 valence electrons. The summed E-state index contributed by atoms with van der Waals surface area (Å²) < 4.78 is 5.92. The molecule has 1 aromatic heterocycles. The molecule has 4 nitrogen and oxygen atoms in total. The molecule has 2 aliphatic rings. The Morgan fingerprint density at radius 2 is 2.53 bits per heavy atom. The van der Waals surface area contributed by atoms with Crippen LogP contribution in [0.2, 0.25) is 0 Å². The lowest BCUT2D eigenvalue weighted by atomic mass is 9.91. The van der Waals surface area contributed by atoms with Gasteiger partial charge in [0, 0.05) is 20.1 Å². The van der Waals surface area contributed by atoms with Crippen molar-refractivity contribution in [1.82, 2.24) is 10.2 Å². The van der Waals surface area contributed by atoms with Crippen LogP contribution >= 0.6 is 11.3 Å². The van der Waals surface area contributed by atoms with Crippen molar-refractivity contribution in [3.8, 4) is 0 Å². The molecule has 3 heterocycles. The fourth-order valence-electron chi connectivity index (χ4n) is 3.11. The predicted molar refractivity (Wildman–Crippen MR) is 75.0 cm³/mol. The van der Waals surface area contributed by atoms with Crippen LogP contribution in [0.3, 0.4) is 0 Å². The molecule has 3 rings (SSSR count). The van der Waals surface area contributed by atoms with Gasteiger partial charge in [0.05, 0.1) is 6.10 Å². The van der Waals surface area contributed by atoms with E-state index < -0.39 is 0 Å². The average molecular weight is 280 g/mol. The molecular weight excluding hydrogens is 260 g/mol. The number of nitrogens with zero attached hydrogens (tertiary/aromatic N) is 1. The topological polar surface area (TPSA) is 41.6 Å². The Balaban J connectivity index is 1.57. The monoisotopic (exact) mass is 280 g/mol. The average Bonchev–Trinajstić information content (AvgIpc) is 3.06. The van der Waals surface area contributed by atoms with Crippen LogP contribution in [-0.4, -0.2) is 43.2 Å². The van der Waals surface area contributed by atoms with Crippen LogP contribution < -0.4 is 5.32 Å². The largest absolute Gasteiger partial charge is 0.364 e. The number of carbonyl (C=O) groups is 1. The van der Waals surface area contributed by atoms with Crippen molar-refractivity contribution in [1.29, 1.82) is 0 Å². The third-order valence-corrected chi connectivity index (χ3v) is 4.89. The number of rotatable bonds is 3. The molecule has 0 radical (unpaired) electrons. The predicted octanol–water partition coefficient (Wildman–Crippen LogP) is 1.47. The quantitative estimate of drug-likeness (QED) is 0.912. The maximum Gasteiger partial charge on any atom is 0.248 e. The number of nitrogens with one attached hydrogen (secondary N) is 1. The second-order valence-electron chi connectivity index (χ2n) is 5.43. The molecule has 1 aromatic rings. The number of likely N-dealkylation sites (N-methyl/N-ethyl adjacent to an activating group) is 1. The van der Waals surface area contributed by atoms with E-state index in [1.807, 2.05) is 0 Å². The molecule has 1 N–H and O–H groups in total. The lowest BCUT2D eigenvalue weighted by Crippen LogP contribution is -2.42. The second-order valence-corrected chi connectivity index (χ2v) is 6.21. The number of hydrogen-bond donors (Lipinski definition) is 1. The Morgan fingerprint density at radius 1 is 1.63 bits per heavy atom. The van der Waals surface area contributed by atoms with Gasteiger partial charge in [-0.25, -0.2) is 0 Å². The summed E-state index contributed by atoms with van der Waals surface area (Å²) in [5, 5.41) is 7.01. The number of amides is 1. The molecule has 2 fully saturated rings. The van der Waals surface area contributed by atoms with E-state index in [2.05, 4.69) is 27.0 Å². The fourth-order valence-corrected chi connectivity index (χ4v) is 3.77. The third kappa shape index (κ3) is 2.83. The van der Waals surface area contributed by atoms with Crippen LogP contribution in [0.5, 0.6) is 0 Å². The van der Waals surface area contributed by atoms with Gasteiger partial charge in [0.25, 0.3) is 0 Å². The standard InChI is InChI=1S/C14H20N2O2S/c1-15-14(17)12-6-11-2-4-16(8-13(11)18-12)7-10-3-5-19-9-10/h3,5,9,11-13H,2,4,6-8H2,1H3,(H,15,17)/t11-,12+,13-/m1/s1. The molecule has 0 bridgehead atoms. The van der Waals surface area contributed by atoms with Crippen molar-refractivity contribution in [2.75, 3.05) is 20.1 Å². The Hall–Kier alpha value is -0.910. The van der Waals surface area contributed by atoms with Crippen LogP contribution in [0, 0.1) is 5.92 Å². The summed E-state index contributed by atoms with van der Waals surface area (Å²) in [6.45, 7) is 3.07. The van der Waals surface area contributed by atoms with E-state index >= 15 is 0 Å². The molecule has 0 aliphatic carbocycles. The molecule has 3 atom stereocenters. The minimum atomic E-state index is -0.235. The van der Waals surface area contributed by atoms with Crippen LogP contribution in [-0.2, 0) is 16.1 Å². The van der Waals surface area contributed by atoms with E-state index in [-0.39, 0.29) is 18.1 Å². The van der Waals surface area contributed by atoms with Gasteiger partial charge in [0.2, 0.25) is 5.91 Å². The minimum Gasteiger partial charge on any atom is -0.364 e. The van der Waals surface area contributed by atoms with Gasteiger partial charge in [-0.1, -0.05) is 0 Å². The second kappa shape index (κ2) is 5.61. The highest BCUT2D eigenvalue weighted by atomic mass is 32.1. The summed E-state index contributed by atoms with van der Waals surface area (Å²) in [5.41, 5.74) is 1.38. The van der Waals surface area contributed by atoms with Gasteiger partial charge >= 0.3 is 0 Å². The van der Waals surface area contributed by atoms with Crippen LogP contribution in [0.25, 0.3) is 0 Å². The molecule has 5 heteroatoms. The number of ether oxygens (including phenoxy) is 1. The zero-order chi connectivity index (χ0) is 13.2. The number of hydrogen-bond acceptors (Lipinski definition) is 4. The van der Waals surface area contributed by atoms with E-state index in [0.29, 0.717) is 5.92 Å². The molecule has 0 aromatic carbocycles. The minimum absolute atomic E-state index is 0.0267. The first kappa shape index (κ1) is 13.1. The summed E-state index contributed by atoms with van der Waals surface area (Å²) in [6, 6.07) is 2.18. The van der Waals surface area contributed by atoms with E-state index in [0.717, 1.165) is 32.5 Å². The van der Waals surface area contributed by atoms with Gasteiger partial charge in [-0.15, -0.1) is 0 Å². The number of thiophene rings is 1. The molecule has 2 aliphatic heterocycles. The van der Waals surface area contributed by atoms with Crippen molar-refractivity contribution >= 4 is 17.2 Å². The van der Waals surface area contributed by atoms with Crippen molar-refractivity contribution in [3.63, 3.8) is 0 Å². The summed E-state index contributed by atoms with van der Waals surface area (Å²) in [7, 11) is 1.68. The van der Waals surface area contributed by atoms with Gasteiger partial charge in [-0.3, -0.25) is 9.69 Å². The third-order valence-electron chi connectivity index (χ3n) is 4.16. The van der Waals surface area contributed by atoms with Crippen LogP contribution in [0.1, 0.15) is 18.4 Å². The highest BCUT2D eigenvalue weighted by Gasteiger charge is 2.41. The number of fused-ring (bicyclic) bond motifs is 1. The first-order valence-electron chi connectivity index (χ1n) is 6.86. The van der Waals surface area contributed by atoms with Gasteiger partial charge < -0.3 is 10.1 Å². The first-order valence-corrected chi connectivity index (χ1v) is 7.81. The van der Waals surface area contributed by atoms with Crippen LogP contribution in [0.15, 0.2) is 16.8 Å². The molecule has 1 amide bonds. The highest BCUT2D eigenvalue weighted by Crippen LogP contribution is 2.33. The van der Waals surface area contributed by atoms with E-state index in [1.165, 1.54) is 5.56 Å². The zero-order valence-electron chi connectivity index (χ0n) is 11.2. The van der Waals surface area contributed by atoms with Crippen molar-refractivity contribution in [3.05, 3.63) is 22.4 Å². The fraction of sp³-hybridized carbons (Fsp3) is 0.643. The van der Waals surface area contributed by atoms with Gasteiger partial charge in [-0.05, 0) is 47.7 Å². The zero-order valence-corrected chi connectivity index (χ0v) is 12.0. The van der Waals surface area contributed by atoms with Gasteiger partial charge in [0.1, 0.15) is 6.10 Å². The maximum absolute atomic E-state index is 11.6. The summed E-state index contributed by atoms with van der Waals surface area (Å²) in [4.78, 5) is 14.1. The Labute approximate surface area is 117 Å². The molecular formula is C14H20N2O2S. The molecule has 0 saturated carbocycles. The van der Waals surface area contributed by atoms with Gasteiger partial charge in [-0.2, -0.15) is 11.3 Å².